The van der Waals surface area contributed by atoms with E-state index in [-0.39, 0.29) is 30.1 Å². The van der Waals surface area contributed by atoms with Crippen molar-refractivity contribution >= 4 is 21.6 Å². The molecule has 1 N–H and O–H groups in total. The Balaban J connectivity index is 1.49. The summed E-state index contributed by atoms with van der Waals surface area (Å²) in [6.45, 7) is 8.87. The van der Waals surface area contributed by atoms with Gasteiger partial charge < -0.3 is 14.8 Å². The number of anilines is 1. The maximum absolute atomic E-state index is 12.8. The van der Waals surface area contributed by atoms with Crippen LogP contribution < -0.4 is 14.8 Å². The first-order valence-corrected chi connectivity index (χ1v) is 14.5. The number of hydrogen-bond acceptors (Lipinski definition) is 6. The summed E-state index contributed by atoms with van der Waals surface area (Å²) in [5.41, 5.74) is 2.67. The van der Waals surface area contributed by atoms with Crippen LogP contribution in [0.3, 0.4) is 0 Å². The summed E-state index contributed by atoms with van der Waals surface area (Å²) in [5.74, 6) is 2.42. The average molecular weight is 526 g/mol. The topological polar surface area (TPSA) is 99.5 Å². The van der Waals surface area contributed by atoms with Gasteiger partial charge in [0.25, 0.3) is 5.91 Å². The SMILES string of the molecule is CC(C)COc1ccc(-c2cc(NC(=O)COc3ccc(C(C)C)cc3)n([C@H]3CCS(=O)(=O)C3)n2)cc1. The molecule has 1 aromatic heterocycles. The Morgan fingerprint density at radius 1 is 1.03 bits per heavy atom. The predicted octanol–water partition coefficient (Wildman–Crippen LogP) is 5.09. The van der Waals surface area contributed by atoms with Crippen LogP contribution in [0.25, 0.3) is 11.3 Å². The van der Waals surface area contributed by atoms with Gasteiger partial charge in [-0.3, -0.25) is 4.79 Å². The molecule has 0 spiro atoms. The number of carbonyl (C=O) groups is 1. The molecular formula is C28H35N3O5S. The van der Waals surface area contributed by atoms with Crippen molar-refractivity contribution in [2.24, 2.45) is 5.92 Å². The molecule has 9 heteroatoms. The highest BCUT2D eigenvalue weighted by Crippen LogP contribution is 2.31. The summed E-state index contributed by atoms with van der Waals surface area (Å²) in [5, 5.41) is 7.55. The first-order valence-electron chi connectivity index (χ1n) is 12.7. The van der Waals surface area contributed by atoms with Gasteiger partial charge in [-0.05, 0) is 60.2 Å². The van der Waals surface area contributed by atoms with E-state index < -0.39 is 9.84 Å². The number of sulfone groups is 1. The Bertz CT molecular complexity index is 1310. The van der Waals surface area contributed by atoms with Crippen LogP contribution in [0.1, 0.15) is 51.6 Å². The van der Waals surface area contributed by atoms with Gasteiger partial charge in [0.05, 0.1) is 29.8 Å². The van der Waals surface area contributed by atoms with E-state index in [1.807, 2.05) is 48.5 Å². The zero-order chi connectivity index (χ0) is 26.6. The third-order valence-electron chi connectivity index (χ3n) is 6.21. The molecule has 0 aliphatic carbocycles. The predicted molar refractivity (Wildman–Crippen MR) is 145 cm³/mol. The van der Waals surface area contributed by atoms with Crippen molar-refractivity contribution in [3.8, 4) is 22.8 Å². The average Bonchev–Trinajstić information content (AvgIpc) is 3.44. The molecule has 1 fully saturated rings. The lowest BCUT2D eigenvalue weighted by Crippen LogP contribution is -2.23. The first-order chi connectivity index (χ1) is 17.6. The number of hydrogen-bond donors (Lipinski definition) is 1. The highest BCUT2D eigenvalue weighted by atomic mass is 32.2. The third-order valence-corrected chi connectivity index (χ3v) is 7.96. The van der Waals surface area contributed by atoms with Gasteiger partial charge in [-0.1, -0.05) is 39.8 Å². The molecule has 1 saturated heterocycles. The number of amides is 1. The molecule has 0 unspecified atom stereocenters. The summed E-state index contributed by atoms with van der Waals surface area (Å²) in [7, 11) is -3.13. The molecule has 0 bridgehead atoms. The quantitative estimate of drug-likeness (QED) is 0.396. The minimum atomic E-state index is -3.13. The van der Waals surface area contributed by atoms with Gasteiger partial charge in [0.1, 0.15) is 17.3 Å². The molecule has 4 rings (SSSR count). The van der Waals surface area contributed by atoms with E-state index in [9.17, 15) is 13.2 Å². The lowest BCUT2D eigenvalue weighted by atomic mass is 10.0. The number of ether oxygens (including phenoxy) is 2. The molecule has 8 nitrogen and oxygen atoms in total. The molecule has 1 atom stereocenters. The molecular weight excluding hydrogens is 490 g/mol. The minimum Gasteiger partial charge on any atom is -0.493 e. The molecule has 0 saturated carbocycles. The van der Waals surface area contributed by atoms with Crippen LogP contribution >= 0.6 is 0 Å². The second-order valence-corrected chi connectivity index (χ2v) is 12.4. The molecule has 1 aliphatic rings. The lowest BCUT2D eigenvalue weighted by molar-refractivity contribution is -0.118. The van der Waals surface area contributed by atoms with Gasteiger partial charge in [-0.2, -0.15) is 5.10 Å². The molecule has 2 heterocycles. The Labute approximate surface area is 218 Å². The van der Waals surface area contributed by atoms with E-state index in [1.165, 1.54) is 5.56 Å². The van der Waals surface area contributed by atoms with E-state index in [0.717, 1.165) is 11.3 Å². The van der Waals surface area contributed by atoms with Gasteiger partial charge in [0, 0.05) is 11.6 Å². The van der Waals surface area contributed by atoms with Gasteiger partial charge in [-0.15, -0.1) is 0 Å². The molecule has 3 aromatic rings. The molecule has 1 aliphatic heterocycles. The minimum absolute atomic E-state index is 0.00231. The van der Waals surface area contributed by atoms with Gasteiger partial charge in [-0.25, -0.2) is 13.1 Å². The van der Waals surface area contributed by atoms with Crippen LogP contribution in [-0.2, 0) is 14.6 Å². The largest absolute Gasteiger partial charge is 0.493 e. The number of carbonyl (C=O) groups excluding carboxylic acids is 1. The zero-order valence-electron chi connectivity index (χ0n) is 21.8. The summed E-state index contributed by atoms with van der Waals surface area (Å²) >= 11 is 0. The fraction of sp³-hybridized carbons (Fsp3) is 0.429. The van der Waals surface area contributed by atoms with Crippen LogP contribution in [0, 0.1) is 5.92 Å². The smallest absolute Gasteiger partial charge is 0.263 e. The summed E-state index contributed by atoms with van der Waals surface area (Å²) in [6, 6.07) is 16.7. The van der Waals surface area contributed by atoms with E-state index in [2.05, 4.69) is 38.1 Å². The number of rotatable bonds is 10. The number of benzene rings is 2. The number of nitrogens with one attached hydrogen (secondary N) is 1. The van der Waals surface area contributed by atoms with Crippen LogP contribution in [-0.4, -0.2) is 48.8 Å². The van der Waals surface area contributed by atoms with E-state index in [1.54, 1.807) is 10.7 Å². The Morgan fingerprint density at radius 2 is 1.68 bits per heavy atom. The van der Waals surface area contributed by atoms with E-state index in [4.69, 9.17) is 9.47 Å². The van der Waals surface area contributed by atoms with Gasteiger partial charge >= 0.3 is 0 Å². The molecule has 37 heavy (non-hydrogen) atoms. The molecule has 2 aromatic carbocycles. The molecule has 198 valence electrons. The normalized spacial score (nSPS) is 16.8. The second-order valence-electron chi connectivity index (χ2n) is 10.2. The van der Waals surface area contributed by atoms with Crippen LogP contribution in [0.2, 0.25) is 0 Å². The Morgan fingerprint density at radius 3 is 2.27 bits per heavy atom. The van der Waals surface area contributed by atoms with Crippen molar-refractivity contribution in [1.82, 2.24) is 9.78 Å². The van der Waals surface area contributed by atoms with Crippen molar-refractivity contribution in [1.29, 1.82) is 0 Å². The highest BCUT2D eigenvalue weighted by molar-refractivity contribution is 7.91. The number of aromatic nitrogens is 2. The first kappa shape index (κ1) is 26.7. The van der Waals surface area contributed by atoms with Gasteiger partial charge in [0.2, 0.25) is 0 Å². The Kier molecular flexibility index (Phi) is 8.22. The zero-order valence-corrected chi connectivity index (χ0v) is 22.6. The maximum atomic E-state index is 12.8. The standard InChI is InChI=1S/C28H35N3O5S/c1-19(2)16-35-24-11-7-22(8-12-24)26-15-27(31(30-26)23-13-14-37(33,34)18-23)29-28(32)17-36-25-9-5-21(6-10-25)20(3)4/h5-12,15,19-20,23H,13-14,16-18H2,1-4H3,(H,29,32)/t23-/m0/s1. The van der Waals surface area contributed by atoms with E-state index in [0.29, 0.717) is 42.1 Å². The fourth-order valence-corrected chi connectivity index (χ4v) is 5.83. The maximum Gasteiger partial charge on any atom is 0.263 e. The summed E-state index contributed by atoms with van der Waals surface area (Å²) in [6.07, 6.45) is 0.451. The van der Waals surface area contributed by atoms with Crippen molar-refractivity contribution in [2.45, 2.75) is 46.1 Å². The number of nitrogens with zero attached hydrogens (tertiary/aromatic N) is 2. The summed E-state index contributed by atoms with van der Waals surface area (Å²) < 4.78 is 37.3. The van der Waals surface area contributed by atoms with Crippen molar-refractivity contribution < 1.29 is 22.7 Å². The van der Waals surface area contributed by atoms with Crippen molar-refractivity contribution in [3.63, 3.8) is 0 Å². The van der Waals surface area contributed by atoms with Gasteiger partial charge in [0.15, 0.2) is 16.4 Å². The fourth-order valence-electron chi connectivity index (χ4n) is 4.14. The van der Waals surface area contributed by atoms with Crippen LogP contribution in [0.15, 0.2) is 54.6 Å². The second kappa shape index (κ2) is 11.4. The lowest BCUT2D eigenvalue weighted by Gasteiger charge is -2.14. The third kappa shape index (κ3) is 7.13. The van der Waals surface area contributed by atoms with Crippen molar-refractivity contribution in [3.05, 3.63) is 60.2 Å². The highest BCUT2D eigenvalue weighted by Gasteiger charge is 2.32. The summed E-state index contributed by atoms with van der Waals surface area (Å²) in [4.78, 5) is 12.8. The van der Waals surface area contributed by atoms with Crippen molar-refractivity contribution in [2.75, 3.05) is 30.0 Å². The molecule has 0 radical (unpaired) electrons. The van der Waals surface area contributed by atoms with Crippen LogP contribution in [0.5, 0.6) is 11.5 Å². The van der Waals surface area contributed by atoms with E-state index >= 15 is 0 Å². The monoisotopic (exact) mass is 525 g/mol. The van der Waals surface area contributed by atoms with Crippen LogP contribution in [0.4, 0.5) is 5.82 Å². The molecule has 1 amide bonds. The Hall–Kier alpha value is -3.33.